The van der Waals surface area contributed by atoms with Gasteiger partial charge in [0.2, 0.25) is 10.0 Å². The molecular weight excluding hydrogens is 352 g/mol. The fourth-order valence-electron chi connectivity index (χ4n) is 2.54. The van der Waals surface area contributed by atoms with Crippen LogP contribution in [0.4, 0.5) is 5.69 Å². The molecule has 2 rings (SSSR count). The van der Waals surface area contributed by atoms with Crippen LogP contribution in [0.3, 0.4) is 0 Å². The van der Waals surface area contributed by atoms with Crippen molar-refractivity contribution in [1.29, 1.82) is 0 Å². The van der Waals surface area contributed by atoms with Crippen LogP contribution < -0.4 is 4.90 Å². The van der Waals surface area contributed by atoms with Crippen molar-refractivity contribution in [3.63, 3.8) is 0 Å². The van der Waals surface area contributed by atoms with E-state index in [1.54, 1.807) is 26.2 Å². The van der Waals surface area contributed by atoms with Crippen LogP contribution in [0.25, 0.3) is 0 Å². The van der Waals surface area contributed by atoms with E-state index in [9.17, 15) is 8.42 Å². The lowest BCUT2D eigenvalue weighted by molar-refractivity contribution is 0.384. The summed E-state index contributed by atoms with van der Waals surface area (Å²) in [5.74, 6) is 0. The Morgan fingerprint density at radius 1 is 1.24 bits per heavy atom. The number of anilines is 1. The third kappa shape index (κ3) is 3.60. The van der Waals surface area contributed by atoms with Crippen LogP contribution in [0.5, 0.6) is 0 Å². The van der Waals surface area contributed by atoms with Crippen LogP contribution in [-0.4, -0.2) is 44.7 Å². The third-order valence-electron chi connectivity index (χ3n) is 3.98. The highest BCUT2D eigenvalue weighted by molar-refractivity contribution is 9.09. The molecule has 0 aliphatic heterocycles. The Morgan fingerprint density at radius 3 is 2.43 bits per heavy atom. The van der Waals surface area contributed by atoms with Crippen LogP contribution >= 0.6 is 15.9 Å². The van der Waals surface area contributed by atoms with E-state index in [-0.39, 0.29) is 0 Å². The van der Waals surface area contributed by atoms with Gasteiger partial charge in [-0.05, 0) is 37.8 Å². The summed E-state index contributed by atoms with van der Waals surface area (Å²) in [5.41, 5.74) is 0.844. The summed E-state index contributed by atoms with van der Waals surface area (Å²) in [6.45, 7) is 0.885. The maximum Gasteiger partial charge on any atom is 0.244 e. The van der Waals surface area contributed by atoms with Crippen molar-refractivity contribution in [2.75, 3.05) is 30.9 Å². The van der Waals surface area contributed by atoms with Crippen molar-refractivity contribution in [1.82, 2.24) is 4.31 Å². The Labute approximate surface area is 136 Å². The maximum absolute atomic E-state index is 12.5. The second-order valence-electron chi connectivity index (χ2n) is 5.58. The average Bonchev–Trinajstić information content (AvgIpc) is 2.41. The number of alkyl halides is 1. The monoisotopic (exact) mass is 374 g/mol. The number of halogens is 1. The first-order valence-corrected chi connectivity index (χ1v) is 9.89. The highest BCUT2D eigenvalue weighted by atomic mass is 79.9. The molecule has 0 aromatic heterocycles. The maximum atomic E-state index is 12.5. The Bertz CT molecular complexity index is 571. The lowest BCUT2D eigenvalue weighted by atomic mass is 9.91. The molecular formula is C15H23BrN2O2S. The van der Waals surface area contributed by atoms with Crippen LogP contribution in [0.15, 0.2) is 29.2 Å². The summed E-state index contributed by atoms with van der Waals surface area (Å²) in [6, 6.07) is 7.84. The second-order valence-corrected chi connectivity index (χ2v) is 8.49. The summed E-state index contributed by atoms with van der Waals surface area (Å²) < 4.78 is 26.4. The Kier molecular flexibility index (Phi) is 5.68. The molecule has 1 aliphatic carbocycles. The molecule has 6 heteroatoms. The van der Waals surface area contributed by atoms with Gasteiger partial charge in [0.25, 0.3) is 0 Å². The number of para-hydroxylation sites is 1. The van der Waals surface area contributed by atoms with Gasteiger partial charge in [0.1, 0.15) is 4.90 Å². The van der Waals surface area contributed by atoms with Crippen LogP contribution in [0.2, 0.25) is 0 Å². The number of hydrogen-bond acceptors (Lipinski definition) is 3. The quantitative estimate of drug-likeness (QED) is 0.688. The minimum atomic E-state index is -3.42. The first kappa shape index (κ1) is 16.8. The number of rotatable bonds is 7. The first-order valence-electron chi connectivity index (χ1n) is 7.32. The zero-order valence-electron chi connectivity index (χ0n) is 12.6. The van der Waals surface area contributed by atoms with Gasteiger partial charge < -0.3 is 4.90 Å². The van der Waals surface area contributed by atoms with Crippen molar-refractivity contribution in [3.8, 4) is 0 Å². The van der Waals surface area contributed by atoms with Gasteiger partial charge in [0, 0.05) is 32.0 Å². The van der Waals surface area contributed by atoms with E-state index >= 15 is 0 Å². The van der Waals surface area contributed by atoms with E-state index < -0.39 is 10.0 Å². The molecule has 118 valence electrons. The zero-order chi connectivity index (χ0) is 15.5. The number of nitrogens with zero attached hydrogens (tertiary/aromatic N) is 2. The fraction of sp³-hybridized carbons (Fsp3) is 0.600. The Balaban J connectivity index is 2.40. The molecule has 21 heavy (non-hydrogen) atoms. The molecule has 0 radical (unpaired) electrons. The van der Waals surface area contributed by atoms with E-state index in [1.807, 2.05) is 12.1 Å². The average molecular weight is 375 g/mol. The predicted molar refractivity (Wildman–Crippen MR) is 90.7 cm³/mol. The fourth-order valence-corrected chi connectivity index (χ4v) is 3.88. The number of benzene rings is 1. The molecule has 0 atom stereocenters. The van der Waals surface area contributed by atoms with Crippen molar-refractivity contribution < 1.29 is 8.42 Å². The third-order valence-corrected chi connectivity index (χ3v) is 6.40. The zero-order valence-corrected chi connectivity index (χ0v) is 15.0. The summed E-state index contributed by atoms with van der Waals surface area (Å²) >= 11 is 3.47. The largest absolute Gasteiger partial charge is 0.367 e. The highest BCUT2D eigenvalue weighted by Crippen LogP contribution is 2.34. The van der Waals surface area contributed by atoms with Crippen molar-refractivity contribution in [2.45, 2.75) is 36.6 Å². The van der Waals surface area contributed by atoms with Crippen molar-refractivity contribution in [2.24, 2.45) is 0 Å². The molecule has 0 N–H and O–H groups in total. The summed E-state index contributed by atoms with van der Waals surface area (Å²) in [4.78, 5) is 2.69. The van der Waals surface area contributed by atoms with Crippen LogP contribution in [-0.2, 0) is 10.0 Å². The van der Waals surface area contributed by atoms with Gasteiger partial charge in [-0.1, -0.05) is 28.1 Å². The molecule has 0 spiro atoms. The molecule has 4 nitrogen and oxygen atoms in total. The molecule has 0 unspecified atom stereocenters. The summed E-state index contributed by atoms with van der Waals surface area (Å²) in [5, 5.41) is 0.929. The summed E-state index contributed by atoms with van der Waals surface area (Å²) in [7, 11) is -0.252. The number of hydrogen-bond donors (Lipinski definition) is 0. The van der Waals surface area contributed by atoms with Crippen molar-refractivity contribution >= 4 is 31.6 Å². The van der Waals surface area contributed by atoms with Gasteiger partial charge in [-0.25, -0.2) is 12.7 Å². The normalized spacial score (nSPS) is 16.0. The van der Waals surface area contributed by atoms with Gasteiger partial charge in [-0.15, -0.1) is 0 Å². The lowest BCUT2D eigenvalue weighted by Crippen LogP contribution is -2.42. The van der Waals surface area contributed by atoms with Gasteiger partial charge >= 0.3 is 0 Å². The lowest BCUT2D eigenvalue weighted by Gasteiger charge is -2.40. The van der Waals surface area contributed by atoms with E-state index in [2.05, 4.69) is 20.8 Å². The van der Waals surface area contributed by atoms with E-state index in [1.165, 1.54) is 10.7 Å². The molecule has 0 amide bonds. The van der Waals surface area contributed by atoms with Gasteiger partial charge in [-0.3, -0.25) is 0 Å². The Morgan fingerprint density at radius 2 is 1.90 bits per heavy atom. The van der Waals surface area contributed by atoms with E-state index in [0.717, 1.165) is 36.8 Å². The van der Waals surface area contributed by atoms with Crippen LogP contribution in [0, 0.1) is 0 Å². The van der Waals surface area contributed by atoms with Gasteiger partial charge in [0.15, 0.2) is 0 Å². The molecule has 1 aromatic rings. The smallest absolute Gasteiger partial charge is 0.244 e. The molecule has 1 aromatic carbocycles. The molecule has 1 saturated carbocycles. The second kappa shape index (κ2) is 7.11. The standard InChI is InChI=1S/C15H23BrN2O2S/c1-17(2)21(19,20)15-10-4-3-9-14(15)18(12-6-11-16)13-7-5-8-13/h3-4,9-10,13H,5-8,11-12H2,1-2H3. The minimum Gasteiger partial charge on any atom is -0.367 e. The molecule has 0 saturated heterocycles. The summed E-state index contributed by atoms with van der Waals surface area (Å²) in [6.07, 6.45) is 4.54. The van der Waals surface area contributed by atoms with E-state index in [0.29, 0.717) is 10.9 Å². The van der Waals surface area contributed by atoms with Crippen LogP contribution in [0.1, 0.15) is 25.7 Å². The minimum absolute atomic E-state index is 0.413. The molecule has 0 bridgehead atoms. The van der Waals surface area contributed by atoms with Gasteiger partial charge in [-0.2, -0.15) is 0 Å². The molecule has 1 aliphatic rings. The first-order chi connectivity index (χ1) is 9.98. The number of sulfonamides is 1. The topological polar surface area (TPSA) is 40.6 Å². The van der Waals surface area contributed by atoms with Crippen molar-refractivity contribution in [3.05, 3.63) is 24.3 Å². The SMILES string of the molecule is CN(C)S(=O)(=O)c1ccccc1N(CCCBr)C1CCC1. The van der Waals surface area contributed by atoms with E-state index in [4.69, 9.17) is 0 Å². The van der Waals surface area contributed by atoms with Gasteiger partial charge in [0.05, 0.1) is 5.69 Å². The highest BCUT2D eigenvalue weighted by Gasteiger charge is 2.29. The predicted octanol–water partition coefficient (Wildman–Crippen LogP) is 3.08. The molecule has 1 fully saturated rings. The Hall–Kier alpha value is -0.590. The molecule has 0 heterocycles.